The highest BCUT2D eigenvalue weighted by Crippen LogP contribution is 2.18. The van der Waals surface area contributed by atoms with Crippen molar-refractivity contribution in [3.05, 3.63) is 29.8 Å². The van der Waals surface area contributed by atoms with Gasteiger partial charge in [-0.05, 0) is 44.0 Å². The van der Waals surface area contributed by atoms with Crippen molar-refractivity contribution in [3.8, 4) is 5.75 Å². The van der Waals surface area contributed by atoms with Crippen LogP contribution in [0, 0.1) is 0 Å². The summed E-state index contributed by atoms with van der Waals surface area (Å²) in [6.45, 7) is 2.95. The fourth-order valence-corrected chi connectivity index (χ4v) is 2.54. The third-order valence-electron chi connectivity index (χ3n) is 3.85. The van der Waals surface area contributed by atoms with E-state index in [1.54, 1.807) is 7.11 Å². The van der Waals surface area contributed by atoms with E-state index in [9.17, 15) is 4.79 Å². The topological polar surface area (TPSA) is 50.4 Å². The van der Waals surface area contributed by atoms with Gasteiger partial charge in [-0.1, -0.05) is 25.0 Å². The molecule has 1 aliphatic rings. The van der Waals surface area contributed by atoms with Crippen LogP contribution in [-0.2, 0) is 4.79 Å². The van der Waals surface area contributed by atoms with Crippen LogP contribution in [0.5, 0.6) is 5.75 Å². The van der Waals surface area contributed by atoms with Gasteiger partial charge in [-0.2, -0.15) is 0 Å². The van der Waals surface area contributed by atoms with Crippen LogP contribution >= 0.6 is 0 Å². The van der Waals surface area contributed by atoms with Gasteiger partial charge in [0.1, 0.15) is 5.75 Å². The van der Waals surface area contributed by atoms with Crippen LogP contribution in [0.3, 0.4) is 0 Å². The van der Waals surface area contributed by atoms with Gasteiger partial charge in [-0.25, -0.2) is 0 Å². The van der Waals surface area contributed by atoms with Crippen molar-refractivity contribution in [3.63, 3.8) is 0 Å². The zero-order chi connectivity index (χ0) is 14.4. The van der Waals surface area contributed by atoms with Crippen molar-refractivity contribution >= 4 is 5.91 Å². The second-order valence-electron chi connectivity index (χ2n) is 5.36. The van der Waals surface area contributed by atoms with Gasteiger partial charge in [0.15, 0.2) is 0 Å². The molecule has 0 aromatic heterocycles. The van der Waals surface area contributed by atoms with Gasteiger partial charge in [0.2, 0.25) is 5.91 Å². The van der Waals surface area contributed by atoms with E-state index in [-0.39, 0.29) is 18.0 Å². The Morgan fingerprint density at radius 2 is 2.05 bits per heavy atom. The van der Waals surface area contributed by atoms with Gasteiger partial charge in [0.05, 0.1) is 19.2 Å². The highest BCUT2D eigenvalue weighted by molar-refractivity contribution is 5.82. The molecule has 1 aromatic carbocycles. The molecule has 2 rings (SSSR count). The molecule has 2 unspecified atom stereocenters. The minimum absolute atomic E-state index is 0.0125. The number of carbonyl (C=O) groups excluding carboxylic acids is 1. The molecule has 1 amide bonds. The van der Waals surface area contributed by atoms with Gasteiger partial charge in [0.25, 0.3) is 0 Å². The summed E-state index contributed by atoms with van der Waals surface area (Å²) in [5, 5.41) is 6.41. The number of carbonyl (C=O) groups is 1. The molecule has 0 spiro atoms. The number of methoxy groups -OCH3 is 1. The van der Waals surface area contributed by atoms with Crippen LogP contribution < -0.4 is 15.4 Å². The number of hydrogen-bond acceptors (Lipinski definition) is 3. The normalized spacial score (nSPS) is 20.8. The zero-order valence-electron chi connectivity index (χ0n) is 12.3. The number of benzene rings is 1. The van der Waals surface area contributed by atoms with Crippen LogP contribution in [0.25, 0.3) is 0 Å². The van der Waals surface area contributed by atoms with Gasteiger partial charge in [-0.15, -0.1) is 0 Å². The van der Waals surface area contributed by atoms with Crippen molar-refractivity contribution in [1.29, 1.82) is 0 Å². The van der Waals surface area contributed by atoms with Gasteiger partial charge in [-0.3, -0.25) is 4.79 Å². The quantitative estimate of drug-likeness (QED) is 0.888. The molecule has 2 N–H and O–H groups in total. The minimum Gasteiger partial charge on any atom is -0.497 e. The Balaban J connectivity index is 1.91. The van der Waals surface area contributed by atoms with Crippen molar-refractivity contribution in [2.45, 2.75) is 44.7 Å². The van der Waals surface area contributed by atoms with Crippen molar-refractivity contribution in [1.82, 2.24) is 10.6 Å². The molecule has 1 heterocycles. The lowest BCUT2D eigenvalue weighted by Crippen LogP contribution is -2.44. The van der Waals surface area contributed by atoms with Crippen LogP contribution in [0.4, 0.5) is 0 Å². The van der Waals surface area contributed by atoms with Crippen LogP contribution in [0.15, 0.2) is 24.3 Å². The largest absolute Gasteiger partial charge is 0.497 e. The molecule has 0 aliphatic carbocycles. The predicted octanol–water partition coefficient (Wildman–Crippen LogP) is 2.40. The van der Waals surface area contributed by atoms with Crippen LogP contribution in [0.1, 0.15) is 44.2 Å². The molecule has 1 aromatic rings. The maximum Gasteiger partial charge on any atom is 0.237 e. The Hall–Kier alpha value is -1.55. The lowest BCUT2D eigenvalue weighted by atomic mass is 10.1. The summed E-state index contributed by atoms with van der Waals surface area (Å²) >= 11 is 0. The molecule has 4 heteroatoms. The molecule has 1 fully saturated rings. The molecular weight excluding hydrogens is 252 g/mol. The highest BCUT2D eigenvalue weighted by Gasteiger charge is 2.21. The molecule has 2 atom stereocenters. The molecule has 1 saturated heterocycles. The number of rotatable bonds is 4. The summed E-state index contributed by atoms with van der Waals surface area (Å²) in [5.41, 5.74) is 1.09. The smallest absolute Gasteiger partial charge is 0.237 e. The lowest BCUT2D eigenvalue weighted by molar-refractivity contribution is -0.123. The van der Waals surface area contributed by atoms with Gasteiger partial charge < -0.3 is 15.4 Å². The summed E-state index contributed by atoms with van der Waals surface area (Å²) in [6.07, 6.45) is 4.44. The monoisotopic (exact) mass is 276 g/mol. The van der Waals surface area contributed by atoms with E-state index < -0.39 is 0 Å². The van der Waals surface area contributed by atoms with E-state index in [2.05, 4.69) is 10.6 Å². The van der Waals surface area contributed by atoms with Crippen molar-refractivity contribution in [2.75, 3.05) is 13.7 Å². The van der Waals surface area contributed by atoms with Crippen LogP contribution in [0.2, 0.25) is 0 Å². The third kappa shape index (κ3) is 3.97. The van der Waals surface area contributed by atoms with Crippen LogP contribution in [-0.4, -0.2) is 25.6 Å². The molecule has 4 nitrogen and oxygen atoms in total. The number of ether oxygens (including phenoxy) is 1. The lowest BCUT2D eigenvalue weighted by Gasteiger charge is -2.20. The first-order valence-corrected chi connectivity index (χ1v) is 7.38. The maximum absolute atomic E-state index is 12.3. The number of nitrogens with one attached hydrogen (secondary N) is 2. The molecule has 20 heavy (non-hydrogen) atoms. The van der Waals surface area contributed by atoms with E-state index in [1.807, 2.05) is 31.2 Å². The highest BCUT2D eigenvalue weighted by atomic mass is 16.5. The summed E-state index contributed by atoms with van der Waals surface area (Å²) in [4.78, 5) is 12.3. The Bertz CT molecular complexity index is 423. The first-order chi connectivity index (χ1) is 9.70. The minimum atomic E-state index is -0.0433. The average Bonchev–Trinajstić information content (AvgIpc) is 2.76. The molecular formula is C16H24N2O2. The first kappa shape index (κ1) is 14.9. The second-order valence-corrected chi connectivity index (χ2v) is 5.36. The van der Waals surface area contributed by atoms with Gasteiger partial charge in [0, 0.05) is 0 Å². The van der Waals surface area contributed by atoms with E-state index in [4.69, 9.17) is 4.74 Å². The molecule has 0 radical (unpaired) electrons. The molecule has 0 bridgehead atoms. The van der Waals surface area contributed by atoms with E-state index in [1.165, 1.54) is 6.42 Å². The SMILES string of the molecule is COc1ccc(C(C)NC(=O)C2CCCCCN2)cc1. The Morgan fingerprint density at radius 1 is 1.30 bits per heavy atom. The Labute approximate surface area is 120 Å². The van der Waals surface area contributed by atoms with Crippen molar-refractivity contribution in [2.24, 2.45) is 0 Å². The molecule has 110 valence electrons. The van der Waals surface area contributed by atoms with Crippen molar-refractivity contribution < 1.29 is 9.53 Å². The number of amides is 1. The van der Waals surface area contributed by atoms with E-state index in [0.717, 1.165) is 37.1 Å². The second kappa shape index (κ2) is 7.29. The molecule has 0 saturated carbocycles. The fourth-order valence-electron chi connectivity index (χ4n) is 2.54. The summed E-state index contributed by atoms with van der Waals surface area (Å²) in [7, 11) is 1.65. The summed E-state index contributed by atoms with van der Waals surface area (Å²) < 4.78 is 5.14. The zero-order valence-corrected chi connectivity index (χ0v) is 12.3. The number of hydrogen-bond donors (Lipinski definition) is 2. The van der Waals surface area contributed by atoms with E-state index in [0.29, 0.717) is 0 Å². The van der Waals surface area contributed by atoms with Gasteiger partial charge >= 0.3 is 0 Å². The Morgan fingerprint density at radius 3 is 2.75 bits per heavy atom. The predicted molar refractivity (Wildman–Crippen MR) is 79.8 cm³/mol. The standard InChI is InChI=1S/C16H24N2O2/c1-12(13-7-9-14(20-2)10-8-13)18-16(19)15-6-4-3-5-11-17-15/h7-10,12,15,17H,3-6,11H2,1-2H3,(H,18,19). The summed E-state index contributed by atoms with van der Waals surface area (Å²) in [5.74, 6) is 0.938. The average molecular weight is 276 g/mol. The molecule has 1 aliphatic heterocycles. The first-order valence-electron chi connectivity index (χ1n) is 7.38. The third-order valence-corrected chi connectivity index (χ3v) is 3.85. The Kier molecular flexibility index (Phi) is 5.41. The summed E-state index contributed by atoms with van der Waals surface area (Å²) in [6, 6.07) is 7.79. The fraction of sp³-hybridized carbons (Fsp3) is 0.562. The maximum atomic E-state index is 12.3. The van der Waals surface area contributed by atoms with E-state index >= 15 is 0 Å².